The van der Waals surface area contributed by atoms with Gasteiger partial charge in [-0.15, -0.1) is 0 Å². The number of hydrazone groups is 1. The second-order valence-corrected chi connectivity index (χ2v) is 0.888. The highest BCUT2D eigenvalue weighted by Crippen LogP contribution is 1.50. The van der Waals surface area contributed by atoms with Crippen molar-refractivity contribution in [2.75, 3.05) is 0 Å². The summed E-state index contributed by atoms with van der Waals surface area (Å²) in [4.78, 5) is 9.49. The Labute approximate surface area is 47.2 Å². The van der Waals surface area contributed by atoms with E-state index >= 15 is 0 Å². The van der Waals surface area contributed by atoms with Crippen LogP contribution in [0.25, 0.3) is 0 Å². The van der Waals surface area contributed by atoms with Crippen molar-refractivity contribution in [3.05, 3.63) is 12.7 Å². The number of hydrogen-bond acceptors (Lipinski definition) is 3. The number of carbonyl (C=O) groups is 1. The van der Waals surface area contributed by atoms with Gasteiger partial charge in [-0.05, 0) is 6.08 Å². The maximum atomic E-state index is 9.49. The maximum absolute atomic E-state index is 9.49. The molecule has 0 rings (SSSR count). The Kier molecular flexibility index (Phi) is 4.74. The van der Waals surface area contributed by atoms with E-state index in [4.69, 9.17) is 0 Å². The molecular weight excluding hydrogens is 106 g/mol. The fourth-order valence-electron chi connectivity index (χ4n) is 0.154. The van der Waals surface area contributed by atoms with Gasteiger partial charge in [0.05, 0.1) is 0 Å². The average molecular weight is 113 g/mol. The Morgan fingerprint density at radius 1 is 1.62 bits per heavy atom. The number of allylic oxidation sites excluding steroid dienone is 1. The molecule has 4 heteroatoms. The van der Waals surface area contributed by atoms with Crippen molar-refractivity contribution in [2.45, 2.75) is 0 Å². The molecule has 0 fully saturated rings. The summed E-state index contributed by atoms with van der Waals surface area (Å²) in [6.45, 7) is 3.35. The summed E-state index contributed by atoms with van der Waals surface area (Å²) in [5.74, 6) is 0. The Hall–Kier alpha value is -1.32. The lowest BCUT2D eigenvalue weighted by atomic mass is 10.7. The molecule has 0 saturated heterocycles. The van der Waals surface area contributed by atoms with Crippen LogP contribution in [0.15, 0.2) is 17.8 Å². The predicted octanol–water partition coefficient (Wildman–Crippen LogP) is -0.591. The molecule has 0 aliphatic heterocycles. The lowest BCUT2D eigenvalue weighted by Gasteiger charge is -1.89. The zero-order valence-electron chi connectivity index (χ0n) is 4.29. The first-order valence-corrected chi connectivity index (χ1v) is 2.00. The summed E-state index contributed by atoms with van der Waals surface area (Å²) >= 11 is 0. The van der Waals surface area contributed by atoms with Crippen molar-refractivity contribution >= 4 is 12.6 Å². The van der Waals surface area contributed by atoms with Gasteiger partial charge in [0.2, 0.25) is 6.41 Å². The number of carbonyl (C=O) groups excluding carboxylic acids is 1. The summed E-state index contributed by atoms with van der Waals surface area (Å²) in [7, 11) is 0. The molecule has 44 valence electrons. The van der Waals surface area contributed by atoms with Gasteiger partial charge >= 0.3 is 0 Å². The third kappa shape index (κ3) is 4.68. The van der Waals surface area contributed by atoms with E-state index in [0.717, 1.165) is 0 Å². The second kappa shape index (κ2) is 5.68. The van der Waals surface area contributed by atoms with Crippen LogP contribution in [0.3, 0.4) is 0 Å². The van der Waals surface area contributed by atoms with Gasteiger partial charge in [-0.3, -0.25) is 10.2 Å². The first kappa shape index (κ1) is 6.68. The van der Waals surface area contributed by atoms with Crippen LogP contribution in [0.4, 0.5) is 0 Å². The molecule has 0 aliphatic carbocycles. The van der Waals surface area contributed by atoms with Gasteiger partial charge in [0.1, 0.15) is 0 Å². The standard InChI is InChI=1S/C4H7N3O/c1-2-3-5-7-6-4-8/h2-4,7H,1H2,(H,6,8). The smallest absolute Gasteiger partial charge is 0.226 e. The van der Waals surface area contributed by atoms with Gasteiger partial charge in [0.25, 0.3) is 0 Å². The molecule has 0 aliphatic rings. The molecule has 0 spiro atoms. The van der Waals surface area contributed by atoms with E-state index < -0.39 is 0 Å². The summed E-state index contributed by atoms with van der Waals surface area (Å²) in [5, 5.41) is 3.44. The Morgan fingerprint density at radius 2 is 2.38 bits per heavy atom. The predicted molar refractivity (Wildman–Crippen MR) is 31.0 cm³/mol. The fraction of sp³-hybridized carbons (Fsp3) is 0. The zero-order valence-corrected chi connectivity index (χ0v) is 4.29. The molecule has 2 N–H and O–H groups in total. The highest BCUT2D eigenvalue weighted by Gasteiger charge is 1.63. The largest absolute Gasteiger partial charge is 0.277 e. The summed E-state index contributed by atoms with van der Waals surface area (Å²) in [6, 6.07) is 0. The molecule has 1 amide bonds. The topological polar surface area (TPSA) is 53.5 Å². The van der Waals surface area contributed by atoms with Crippen LogP contribution in [-0.2, 0) is 4.79 Å². The van der Waals surface area contributed by atoms with Crippen LogP contribution in [0.5, 0.6) is 0 Å². The van der Waals surface area contributed by atoms with E-state index in [1.165, 1.54) is 12.3 Å². The number of nitrogens with one attached hydrogen (secondary N) is 2. The highest BCUT2D eigenvalue weighted by molar-refractivity contribution is 5.69. The van der Waals surface area contributed by atoms with Gasteiger partial charge in [-0.2, -0.15) is 5.10 Å². The lowest BCUT2D eigenvalue weighted by Crippen LogP contribution is -2.24. The van der Waals surface area contributed by atoms with E-state index in [1.807, 2.05) is 0 Å². The van der Waals surface area contributed by atoms with Crippen molar-refractivity contribution in [2.24, 2.45) is 5.10 Å². The number of nitrogens with zero attached hydrogens (tertiary/aromatic N) is 1. The molecule has 4 nitrogen and oxygen atoms in total. The SMILES string of the molecule is C=CC=NNNC=O. The van der Waals surface area contributed by atoms with Crippen LogP contribution in [0.1, 0.15) is 0 Å². The number of hydrogen-bond donors (Lipinski definition) is 2. The minimum Gasteiger partial charge on any atom is -0.277 e. The molecule has 0 bridgehead atoms. The van der Waals surface area contributed by atoms with Gasteiger partial charge in [0, 0.05) is 6.21 Å². The van der Waals surface area contributed by atoms with E-state index in [0.29, 0.717) is 6.41 Å². The van der Waals surface area contributed by atoms with Crippen LogP contribution >= 0.6 is 0 Å². The van der Waals surface area contributed by atoms with Crippen LogP contribution in [0.2, 0.25) is 0 Å². The zero-order chi connectivity index (χ0) is 6.24. The third-order valence-corrected chi connectivity index (χ3v) is 0.368. The highest BCUT2D eigenvalue weighted by atomic mass is 16.1. The molecule has 0 radical (unpaired) electrons. The molecule has 0 aromatic carbocycles. The van der Waals surface area contributed by atoms with Crippen molar-refractivity contribution in [1.29, 1.82) is 0 Å². The summed E-state index contributed by atoms with van der Waals surface area (Å²) in [6.07, 6.45) is 3.39. The van der Waals surface area contributed by atoms with E-state index in [2.05, 4.69) is 22.6 Å². The minimum atomic E-state index is 0.487. The summed E-state index contributed by atoms with van der Waals surface area (Å²) in [5.41, 5.74) is 4.32. The molecule has 8 heavy (non-hydrogen) atoms. The Morgan fingerprint density at radius 3 is 2.88 bits per heavy atom. The molecule has 0 aromatic rings. The van der Waals surface area contributed by atoms with E-state index in [-0.39, 0.29) is 0 Å². The maximum Gasteiger partial charge on any atom is 0.226 e. The Bertz CT molecular complexity index is 99.5. The summed E-state index contributed by atoms with van der Waals surface area (Å²) < 4.78 is 0. The van der Waals surface area contributed by atoms with Gasteiger partial charge in [0.15, 0.2) is 0 Å². The monoisotopic (exact) mass is 113 g/mol. The van der Waals surface area contributed by atoms with Crippen molar-refractivity contribution in [3.8, 4) is 0 Å². The Balaban J connectivity index is 3.02. The fourth-order valence-corrected chi connectivity index (χ4v) is 0.154. The second-order valence-electron chi connectivity index (χ2n) is 0.888. The van der Waals surface area contributed by atoms with Crippen molar-refractivity contribution in [3.63, 3.8) is 0 Å². The molecule has 0 atom stereocenters. The normalized spacial score (nSPS) is 8.50. The van der Waals surface area contributed by atoms with Crippen molar-refractivity contribution in [1.82, 2.24) is 11.0 Å². The third-order valence-electron chi connectivity index (χ3n) is 0.368. The number of amides is 1. The molecular formula is C4H7N3O. The van der Waals surface area contributed by atoms with Gasteiger partial charge in [-0.25, -0.2) is 5.53 Å². The molecule has 0 aromatic heterocycles. The lowest BCUT2D eigenvalue weighted by molar-refractivity contribution is -0.110. The van der Waals surface area contributed by atoms with Crippen molar-refractivity contribution < 1.29 is 4.79 Å². The van der Waals surface area contributed by atoms with Crippen LogP contribution in [0, 0.1) is 0 Å². The first-order valence-electron chi connectivity index (χ1n) is 2.00. The first-order chi connectivity index (χ1) is 3.91. The number of hydrazine groups is 1. The molecule has 0 saturated carbocycles. The quantitative estimate of drug-likeness (QED) is 0.221. The average Bonchev–Trinajstić information content (AvgIpc) is 1.81. The van der Waals surface area contributed by atoms with E-state index in [9.17, 15) is 4.79 Å². The van der Waals surface area contributed by atoms with Gasteiger partial charge in [-0.1, -0.05) is 6.58 Å². The molecule has 0 unspecified atom stereocenters. The minimum absolute atomic E-state index is 0.487. The number of rotatable bonds is 4. The molecule has 0 heterocycles. The van der Waals surface area contributed by atoms with E-state index in [1.54, 1.807) is 0 Å². The van der Waals surface area contributed by atoms with Gasteiger partial charge < -0.3 is 0 Å². The van der Waals surface area contributed by atoms with Crippen LogP contribution in [-0.4, -0.2) is 12.6 Å². The van der Waals surface area contributed by atoms with Crippen LogP contribution < -0.4 is 11.0 Å².